The van der Waals surface area contributed by atoms with Crippen molar-refractivity contribution in [3.63, 3.8) is 0 Å². The van der Waals surface area contributed by atoms with Crippen LogP contribution < -0.4 is 11.1 Å². The maximum absolute atomic E-state index is 5.59. The Kier molecular flexibility index (Phi) is 4.24. The van der Waals surface area contributed by atoms with Crippen LogP contribution in [0.5, 0.6) is 0 Å². The summed E-state index contributed by atoms with van der Waals surface area (Å²) in [5.41, 5.74) is 6.69. The van der Waals surface area contributed by atoms with Crippen molar-refractivity contribution in [3.8, 4) is 0 Å². The normalized spacial score (nSPS) is 18.9. The highest BCUT2D eigenvalue weighted by Crippen LogP contribution is 2.29. The van der Waals surface area contributed by atoms with Gasteiger partial charge in [0.15, 0.2) is 0 Å². The van der Waals surface area contributed by atoms with Crippen LogP contribution in [0.2, 0.25) is 0 Å². The summed E-state index contributed by atoms with van der Waals surface area (Å²) in [6, 6.07) is 4.46. The molecule has 1 aromatic heterocycles. The van der Waals surface area contributed by atoms with E-state index in [0.29, 0.717) is 11.9 Å². The molecule has 1 aliphatic carbocycles. The van der Waals surface area contributed by atoms with Crippen molar-refractivity contribution in [2.24, 2.45) is 5.92 Å². The number of hydrogen-bond donors (Lipinski definition) is 2. The predicted molar refractivity (Wildman–Crippen MR) is 72.9 cm³/mol. The van der Waals surface area contributed by atoms with E-state index >= 15 is 0 Å². The Labute approximate surface area is 104 Å². The zero-order valence-corrected chi connectivity index (χ0v) is 10.7. The number of hydrogen-bond acceptors (Lipinski definition) is 3. The van der Waals surface area contributed by atoms with E-state index in [2.05, 4.69) is 17.2 Å². The van der Waals surface area contributed by atoms with Gasteiger partial charge in [-0.2, -0.15) is 0 Å². The van der Waals surface area contributed by atoms with Crippen LogP contribution in [0.3, 0.4) is 0 Å². The molecule has 1 aliphatic rings. The molecule has 0 amide bonds. The van der Waals surface area contributed by atoms with Crippen LogP contribution in [-0.4, -0.2) is 11.0 Å². The molecule has 2 rings (SSSR count). The van der Waals surface area contributed by atoms with E-state index in [4.69, 9.17) is 5.73 Å². The Bertz CT molecular complexity index is 328. The first kappa shape index (κ1) is 12.2. The predicted octanol–water partition coefficient (Wildman–Crippen LogP) is 3.43. The Hall–Kier alpha value is -1.25. The van der Waals surface area contributed by atoms with Crippen LogP contribution in [0.25, 0.3) is 0 Å². The van der Waals surface area contributed by atoms with E-state index in [0.717, 1.165) is 11.6 Å². The maximum Gasteiger partial charge on any atom is 0.123 e. The highest BCUT2D eigenvalue weighted by molar-refractivity contribution is 5.46. The maximum atomic E-state index is 5.59. The number of rotatable bonds is 4. The van der Waals surface area contributed by atoms with Crippen molar-refractivity contribution in [1.29, 1.82) is 0 Å². The van der Waals surface area contributed by atoms with E-state index < -0.39 is 0 Å². The average Bonchev–Trinajstić information content (AvgIpc) is 2.39. The van der Waals surface area contributed by atoms with Crippen LogP contribution in [0.1, 0.15) is 45.4 Å². The van der Waals surface area contributed by atoms with Crippen molar-refractivity contribution in [2.75, 3.05) is 11.1 Å². The van der Waals surface area contributed by atoms with Crippen molar-refractivity contribution in [2.45, 2.75) is 51.5 Å². The molecule has 0 aromatic carbocycles. The Morgan fingerprint density at radius 3 is 2.71 bits per heavy atom. The fraction of sp³-hybridized carbons (Fsp3) is 0.643. The summed E-state index contributed by atoms with van der Waals surface area (Å²) >= 11 is 0. The number of nitrogen functional groups attached to an aromatic ring is 1. The molecule has 1 atom stereocenters. The van der Waals surface area contributed by atoms with Gasteiger partial charge in [-0.25, -0.2) is 4.98 Å². The van der Waals surface area contributed by atoms with Crippen molar-refractivity contribution < 1.29 is 0 Å². The Morgan fingerprint density at radius 1 is 1.35 bits per heavy atom. The summed E-state index contributed by atoms with van der Waals surface area (Å²) < 4.78 is 0. The van der Waals surface area contributed by atoms with E-state index in [1.165, 1.54) is 38.5 Å². The van der Waals surface area contributed by atoms with Gasteiger partial charge < -0.3 is 11.1 Å². The van der Waals surface area contributed by atoms with Crippen LogP contribution in [0.15, 0.2) is 18.3 Å². The van der Waals surface area contributed by atoms with Crippen LogP contribution >= 0.6 is 0 Å². The van der Waals surface area contributed by atoms with Gasteiger partial charge in [-0.3, -0.25) is 0 Å². The van der Waals surface area contributed by atoms with Gasteiger partial charge >= 0.3 is 0 Å². The lowest BCUT2D eigenvalue weighted by molar-refractivity contribution is 0.313. The molecule has 3 N–H and O–H groups in total. The smallest absolute Gasteiger partial charge is 0.123 e. The Balaban J connectivity index is 1.96. The standard InChI is InChI=1S/C14H23N3/c1-2-13(11-6-4-3-5-7-11)17-12-8-9-14(15)16-10-12/h8-11,13,17H,2-7H2,1H3,(H2,15,16). The van der Waals surface area contributed by atoms with E-state index in [9.17, 15) is 0 Å². The second-order valence-electron chi connectivity index (χ2n) is 5.03. The molecule has 0 bridgehead atoms. The number of nitrogens with two attached hydrogens (primary N) is 1. The quantitative estimate of drug-likeness (QED) is 0.837. The highest BCUT2D eigenvalue weighted by Gasteiger charge is 2.21. The second kappa shape index (κ2) is 5.89. The third-order valence-electron chi connectivity index (χ3n) is 3.80. The fourth-order valence-electron chi connectivity index (χ4n) is 2.79. The lowest BCUT2D eigenvalue weighted by Gasteiger charge is -2.30. The molecule has 3 nitrogen and oxygen atoms in total. The van der Waals surface area contributed by atoms with E-state index in [-0.39, 0.29) is 0 Å². The molecule has 0 radical (unpaired) electrons. The van der Waals surface area contributed by atoms with E-state index in [1.807, 2.05) is 18.3 Å². The first-order chi connectivity index (χ1) is 8.29. The van der Waals surface area contributed by atoms with Crippen molar-refractivity contribution >= 4 is 11.5 Å². The minimum Gasteiger partial charge on any atom is -0.384 e. The van der Waals surface area contributed by atoms with Gasteiger partial charge in [-0.1, -0.05) is 26.2 Å². The summed E-state index contributed by atoms with van der Waals surface area (Å²) in [5.74, 6) is 1.41. The topological polar surface area (TPSA) is 50.9 Å². The summed E-state index contributed by atoms with van der Waals surface area (Å²) in [6.07, 6.45) is 9.94. The van der Waals surface area contributed by atoms with Gasteiger partial charge in [0, 0.05) is 6.04 Å². The van der Waals surface area contributed by atoms with Gasteiger partial charge in [0.05, 0.1) is 11.9 Å². The summed E-state index contributed by atoms with van der Waals surface area (Å²) in [6.45, 7) is 2.26. The van der Waals surface area contributed by atoms with Crippen LogP contribution in [0.4, 0.5) is 11.5 Å². The number of nitrogens with one attached hydrogen (secondary N) is 1. The third-order valence-corrected chi connectivity index (χ3v) is 3.80. The summed E-state index contributed by atoms with van der Waals surface area (Å²) in [7, 11) is 0. The number of aromatic nitrogens is 1. The van der Waals surface area contributed by atoms with Gasteiger partial charge in [0.25, 0.3) is 0 Å². The molecule has 0 aliphatic heterocycles. The minimum atomic E-state index is 0.584. The number of anilines is 2. The molecule has 94 valence electrons. The largest absolute Gasteiger partial charge is 0.384 e. The monoisotopic (exact) mass is 233 g/mol. The van der Waals surface area contributed by atoms with Crippen molar-refractivity contribution in [1.82, 2.24) is 4.98 Å². The Morgan fingerprint density at radius 2 is 2.12 bits per heavy atom. The molecule has 0 spiro atoms. The summed E-state index contributed by atoms with van der Waals surface area (Å²) in [4.78, 5) is 4.13. The lowest BCUT2D eigenvalue weighted by atomic mass is 9.83. The molecule has 1 heterocycles. The SMILES string of the molecule is CCC(Nc1ccc(N)nc1)C1CCCCC1. The van der Waals surface area contributed by atoms with Crippen molar-refractivity contribution in [3.05, 3.63) is 18.3 Å². The molecule has 1 fully saturated rings. The first-order valence-electron chi connectivity index (χ1n) is 6.77. The highest BCUT2D eigenvalue weighted by atomic mass is 14.9. The molecule has 3 heteroatoms. The van der Waals surface area contributed by atoms with Crippen LogP contribution in [0, 0.1) is 5.92 Å². The molecular weight excluding hydrogens is 210 g/mol. The lowest BCUT2D eigenvalue weighted by Crippen LogP contribution is -2.30. The third kappa shape index (κ3) is 3.35. The second-order valence-corrected chi connectivity index (χ2v) is 5.03. The molecule has 17 heavy (non-hydrogen) atoms. The molecule has 1 saturated carbocycles. The van der Waals surface area contributed by atoms with Gasteiger partial charge in [0.2, 0.25) is 0 Å². The zero-order valence-electron chi connectivity index (χ0n) is 10.7. The van der Waals surface area contributed by atoms with Gasteiger partial charge in [-0.05, 0) is 37.3 Å². The zero-order chi connectivity index (χ0) is 12.1. The minimum absolute atomic E-state index is 0.584. The average molecular weight is 233 g/mol. The summed E-state index contributed by atoms with van der Waals surface area (Å²) in [5, 5.41) is 3.61. The van der Waals surface area contributed by atoms with E-state index in [1.54, 1.807) is 0 Å². The number of nitrogens with zero attached hydrogens (tertiary/aromatic N) is 1. The molecule has 1 unspecified atom stereocenters. The molecule has 0 saturated heterocycles. The number of pyridine rings is 1. The van der Waals surface area contributed by atoms with Crippen LogP contribution in [-0.2, 0) is 0 Å². The van der Waals surface area contributed by atoms with Gasteiger partial charge in [0.1, 0.15) is 5.82 Å². The fourth-order valence-corrected chi connectivity index (χ4v) is 2.79. The molecule has 1 aromatic rings. The first-order valence-corrected chi connectivity index (χ1v) is 6.77. The molecular formula is C14H23N3. The van der Waals surface area contributed by atoms with Gasteiger partial charge in [-0.15, -0.1) is 0 Å².